The molecule has 1 heterocycles. The highest BCUT2D eigenvalue weighted by Crippen LogP contribution is 2.36. The minimum Gasteiger partial charge on any atom is -0.351 e. The van der Waals surface area contributed by atoms with Crippen molar-refractivity contribution in [2.45, 2.75) is 32.1 Å². The standard InChI is InChI=1S/C13H17ClINOS/c14-8-13(4-2-1-3-5-13)9-16-12(17)10-6-11(15)18-7-10/h6-7H,1-5,8-9H2,(H,16,17). The van der Waals surface area contributed by atoms with Crippen LogP contribution in [0.2, 0.25) is 0 Å². The Morgan fingerprint density at radius 1 is 1.44 bits per heavy atom. The molecule has 0 spiro atoms. The molecule has 1 aliphatic carbocycles. The Labute approximate surface area is 131 Å². The molecular formula is C13H17ClINOS. The predicted octanol–water partition coefficient (Wildman–Crippen LogP) is 4.27. The van der Waals surface area contributed by atoms with Gasteiger partial charge in [-0.15, -0.1) is 22.9 Å². The fraction of sp³-hybridized carbons (Fsp3) is 0.615. The number of nitrogens with one attached hydrogen (secondary N) is 1. The predicted molar refractivity (Wildman–Crippen MR) is 85.6 cm³/mol. The average Bonchev–Trinajstić information content (AvgIpc) is 2.84. The second-order valence-electron chi connectivity index (χ2n) is 5.02. The van der Waals surface area contributed by atoms with Gasteiger partial charge in [0.05, 0.1) is 8.45 Å². The molecule has 0 saturated heterocycles. The Balaban J connectivity index is 1.91. The van der Waals surface area contributed by atoms with E-state index in [0.29, 0.717) is 12.4 Å². The summed E-state index contributed by atoms with van der Waals surface area (Å²) in [6, 6.07) is 1.93. The van der Waals surface area contributed by atoms with E-state index in [9.17, 15) is 4.79 Å². The lowest BCUT2D eigenvalue weighted by Crippen LogP contribution is -2.40. The lowest BCUT2D eigenvalue weighted by Gasteiger charge is -2.35. The van der Waals surface area contributed by atoms with Gasteiger partial charge in [0.25, 0.3) is 5.91 Å². The highest BCUT2D eigenvalue weighted by Gasteiger charge is 2.31. The molecule has 1 fully saturated rings. The quantitative estimate of drug-likeness (QED) is 0.596. The molecule has 0 radical (unpaired) electrons. The molecule has 5 heteroatoms. The third kappa shape index (κ3) is 3.61. The van der Waals surface area contributed by atoms with Crippen LogP contribution in [0.25, 0.3) is 0 Å². The zero-order chi connectivity index (χ0) is 13.0. The van der Waals surface area contributed by atoms with Crippen LogP contribution < -0.4 is 5.32 Å². The molecule has 100 valence electrons. The minimum atomic E-state index is 0.0317. The minimum absolute atomic E-state index is 0.0317. The fourth-order valence-electron chi connectivity index (χ4n) is 2.46. The Hall–Kier alpha value is 0.190. The van der Waals surface area contributed by atoms with E-state index in [1.165, 1.54) is 19.3 Å². The van der Waals surface area contributed by atoms with Crippen molar-refractivity contribution in [3.63, 3.8) is 0 Å². The summed E-state index contributed by atoms with van der Waals surface area (Å²) in [5.41, 5.74) is 0.892. The molecule has 1 N–H and O–H groups in total. The summed E-state index contributed by atoms with van der Waals surface area (Å²) in [6.45, 7) is 0.710. The molecule has 18 heavy (non-hydrogen) atoms. The fourth-order valence-corrected chi connectivity index (χ4v) is 4.15. The molecule has 0 aromatic carbocycles. The lowest BCUT2D eigenvalue weighted by molar-refractivity contribution is 0.0921. The zero-order valence-corrected chi connectivity index (χ0v) is 13.9. The first kappa shape index (κ1) is 14.6. The van der Waals surface area contributed by atoms with Gasteiger partial charge < -0.3 is 5.32 Å². The molecule has 1 aromatic rings. The monoisotopic (exact) mass is 397 g/mol. The second-order valence-corrected chi connectivity index (χ2v) is 8.09. The molecule has 1 saturated carbocycles. The van der Waals surface area contributed by atoms with Gasteiger partial charge >= 0.3 is 0 Å². The van der Waals surface area contributed by atoms with E-state index in [2.05, 4.69) is 27.9 Å². The molecule has 0 aliphatic heterocycles. The van der Waals surface area contributed by atoms with E-state index in [1.807, 2.05) is 11.4 Å². The van der Waals surface area contributed by atoms with E-state index in [-0.39, 0.29) is 11.3 Å². The van der Waals surface area contributed by atoms with Gasteiger partial charge in [0, 0.05) is 23.2 Å². The number of alkyl halides is 1. The molecule has 2 rings (SSSR count). The van der Waals surface area contributed by atoms with Gasteiger partial charge in [-0.05, 0) is 41.5 Å². The summed E-state index contributed by atoms with van der Waals surface area (Å²) in [7, 11) is 0. The number of hydrogen-bond acceptors (Lipinski definition) is 2. The molecule has 2 nitrogen and oxygen atoms in total. The van der Waals surface area contributed by atoms with Gasteiger partial charge in [-0.25, -0.2) is 0 Å². The Morgan fingerprint density at radius 2 is 2.17 bits per heavy atom. The number of rotatable bonds is 4. The van der Waals surface area contributed by atoms with Crippen molar-refractivity contribution in [1.82, 2.24) is 5.32 Å². The first-order valence-electron chi connectivity index (χ1n) is 6.23. The van der Waals surface area contributed by atoms with E-state index < -0.39 is 0 Å². The van der Waals surface area contributed by atoms with E-state index in [1.54, 1.807) is 11.3 Å². The smallest absolute Gasteiger partial charge is 0.252 e. The van der Waals surface area contributed by atoms with Crippen LogP contribution in [0.15, 0.2) is 11.4 Å². The average molecular weight is 398 g/mol. The van der Waals surface area contributed by atoms with Gasteiger partial charge in [-0.1, -0.05) is 19.3 Å². The molecule has 1 amide bonds. The third-order valence-corrected chi connectivity index (χ3v) is 6.01. The van der Waals surface area contributed by atoms with Gasteiger partial charge in [0.1, 0.15) is 0 Å². The van der Waals surface area contributed by atoms with Crippen molar-refractivity contribution in [1.29, 1.82) is 0 Å². The van der Waals surface area contributed by atoms with Crippen LogP contribution in [-0.4, -0.2) is 18.3 Å². The Kier molecular flexibility index (Phi) is 5.33. The SMILES string of the molecule is O=C(NCC1(CCl)CCCCC1)c1csc(I)c1. The first-order chi connectivity index (χ1) is 8.65. The van der Waals surface area contributed by atoms with Crippen molar-refractivity contribution in [2.75, 3.05) is 12.4 Å². The van der Waals surface area contributed by atoms with E-state index in [0.717, 1.165) is 21.3 Å². The van der Waals surface area contributed by atoms with Crippen LogP contribution >= 0.6 is 45.5 Å². The van der Waals surface area contributed by atoms with E-state index >= 15 is 0 Å². The third-order valence-electron chi connectivity index (χ3n) is 3.65. The van der Waals surface area contributed by atoms with Gasteiger partial charge in [-0.3, -0.25) is 4.79 Å². The summed E-state index contributed by atoms with van der Waals surface area (Å²) in [6.07, 6.45) is 6.04. The summed E-state index contributed by atoms with van der Waals surface area (Å²) in [5, 5.41) is 4.96. The second kappa shape index (κ2) is 6.57. The van der Waals surface area contributed by atoms with Crippen LogP contribution in [0.3, 0.4) is 0 Å². The van der Waals surface area contributed by atoms with Crippen LogP contribution in [0.5, 0.6) is 0 Å². The molecular weight excluding hydrogens is 381 g/mol. The van der Waals surface area contributed by atoms with Crippen molar-refractivity contribution in [2.24, 2.45) is 5.41 Å². The molecule has 1 aliphatic rings. The van der Waals surface area contributed by atoms with Crippen molar-refractivity contribution in [3.8, 4) is 0 Å². The maximum atomic E-state index is 12.0. The maximum absolute atomic E-state index is 12.0. The molecule has 0 bridgehead atoms. The molecule has 0 unspecified atom stereocenters. The number of carbonyl (C=O) groups is 1. The Morgan fingerprint density at radius 3 is 2.72 bits per heavy atom. The highest BCUT2D eigenvalue weighted by atomic mass is 127. The van der Waals surface area contributed by atoms with Crippen LogP contribution in [0, 0.1) is 8.30 Å². The topological polar surface area (TPSA) is 29.1 Å². The maximum Gasteiger partial charge on any atom is 0.252 e. The first-order valence-corrected chi connectivity index (χ1v) is 8.73. The van der Waals surface area contributed by atoms with Crippen LogP contribution in [-0.2, 0) is 0 Å². The van der Waals surface area contributed by atoms with E-state index in [4.69, 9.17) is 11.6 Å². The van der Waals surface area contributed by atoms with Crippen LogP contribution in [0.4, 0.5) is 0 Å². The normalized spacial score (nSPS) is 18.6. The number of halogens is 2. The summed E-state index contributed by atoms with van der Waals surface area (Å²) in [5.74, 6) is 0.679. The van der Waals surface area contributed by atoms with Crippen LogP contribution in [0.1, 0.15) is 42.5 Å². The number of thiophene rings is 1. The highest BCUT2D eigenvalue weighted by molar-refractivity contribution is 14.1. The molecule has 0 atom stereocenters. The van der Waals surface area contributed by atoms with Crippen molar-refractivity contribution < 1.29 is 4.79 Å². The lowest BCUT2D eigenvalue weighted by atomic mass is 9.75. The molecule has 1 aromatic heterocycles. The summed E-state index contributed by atoms with van der Waals surface area (Å²) in [4.78, 5) is 12.0. The number of hydrogen-bond donors (Lipinski definition) is 1. The largest absolute Gasteiger partial charge is 0.351 e. The zero-order valence-electron chi connectivity index (χ0n) is 10.2. The van der Waals surface area contributed by atoms with Gasteiger partial charge in [-0.2, -0.15) is 0 Å². The Bertz CT molecular complexity index is 415. The summed E-state index contributed by atoms with van der Waals surface area (Å²) < 4.78 is 1.14. The summed E-state index contributed by atoms with van der Waals surface area (Å²) >= 11 is 9.95. The van der Waals surface area contributed by atoms with Crippen molar-refractivity contribution in [3.05, 3.63) is 19.9 Å². The van der Waals surface area contributed by atoms with Crippen molar-refractivity contribution >= 4 is 51.4 Å². The van der Waals surface area contributed by atoms with Gasteiger partial charge in [0.15, 0.2) is 0 Å². The van der Waals surface area contributed by atoms with Gasteiger partial charge in [0.2, 0.25) is 0 Å². The number of carbonyl (C=O) groups excluding carboxylic acids is 1. The number of amides is 1.